The molecule has 1 N–H and O–H groups in total. The topological polar surface area (TPSA) is 38.3 Å². The molecular weight excluding hydrogens is 331 g/mol. The Morgan fingerprint density at radius 1 is 1.08 bits per heavy atom. The number of hydrogen-bond acceptors (Lipinski definition) is 2. The first-order valence-corrected chi connectivity index (χ1v) is 7.88. The van der Waals surface area contributed by atoms with Crippen molar-refractivity contribution in [2.24, 2.45) is 0 Å². The van der Waals surface area contributed by atoms with Gasteiger partial charge in [-0.25, -0.2) is 0 Å². The van der Waals surface area contributed by atoms with Gasteiger partial charge in [0, 0.05) is 6.54 Å². The molecule has 3 nitrogen and oxygen atoms in total. The van der Waals surface area contributed by atoms with Gasteiger partial charge in [0.1, 0.15) is 5.75 Å². The lowest BCUT2D eigenvalue weighted by atomic mass is 10.1. The van der Waals surface area contributed by atoms with Crippen LogP contribution in [0.3, 0.4) is 0 Å². The molecule has 2 rings (SSSR count). The number of nitrogens with one attached hydrogen (secondary N) is 1. The summed E-state index contributed by atoms with van der Waals surface area (Å²) >= 11 is 0. The second-order valence-corrected chi connectivity index (χ2v) is 5.85. The highest BCUT2D eigenvalue weighted by Crippen LogP contribution is 2.29. The minimum Gasteiger partial charge on any atom is -0.484 e. The first-order chi connectivity index (χ1) is 11.8. The maximum Gasteiger partial charge on any atom is 0.416 e. The maximum absolute atomic E-state index is 12.5. The predicted molar refractivity (Wildman–Crippen MR) is 89.6 cm³/mol. The van der Waals surface area contributed by atoms with Gasteiger partial charge in [-0.1, -0.05) is 29.8 Å². The maximum atomic E-state index is 12.5. The van der Waals surface area contributed by atoms with Crippen LogP contribution in [0.5, 0.6) is 5.75 Å². The SMILES string of the molecule is Cc1ccc(OCC(=O)NCCc2ccc(C(F)(F)F)cc2)c(C)c1. The number of amides is 1. The molecule has 2 aromatic carbocycles. The van der Waals surface area contributed by atoms with Crippen molar-refractivity contribution >= 4 is 5.91 Å². The van der Waals surface area contributed by atoms with Crippen molar-refractivity contribution in [1.29, 1.82) is 0 Å². The van der Waals surface area contributed by atoms with E-state index < -0.39 is 11.7 Å². The van der Waals surface area contributed by atoms with Crippen LogP contribution in [-0.4, -0.2) is 19.1 Å². The summed E-state index contributed by atoms with van der Waals surface area (Å²) in [5.74, 6) is 0.385. The summed E-state index contributed by atoms with van der Waals surface area (Å²) in [5, 5.41) is 2.69. The van der Waals surface area contributed by atoms with Gasteiger partial charge < -0.3 is 10.1 Å². The van der Waals surface area contributed by atoms with E-state index in [0.717, 1.165) is 28.8 Å². The van der Waals surface area contributed by atoms with Crippen LogP contribution < -0.4 is 10.1 Å². The third-order valence-electron chi connectivity index (χ3n) is 3.71. The zero-order valence-electron chi connectivity index (χ0n) is 14.1. The van der Waals surface area contributed by atoms with Gasteiger partial charge in [0.25, 0.3) is 5.91 Å². The molecule has 0 saturated carbocycles. The molecule has 2 aromatic rings. The van der Waals surface area contributed by atoms with Crippen molar-refractivity contribution in [2.45, 2.75) is 26.4 Å². The van der Waals surface area contributed by atoms with Gasteiger partial charge in [-0.2, -0.15) is 13.2 Å². The van der Waals surface area contributed by atoms with Crippen molar-refractivity contribution < 1.29 is 22.7 Å². The highest BCUT2D eigenvalue weighted by Gasteiger charge is 2.29. The summed E-state index contributed by atoms with van der Waals surface area (Å²) in [6.07, 6.45) is -3.88. The summed E-state index contributed by atoms with van der Waals surface area (Å²) in [5.41, 5.74) is 2.12. The van der Waals surface area contributed by atoms with Gasteiger partial charge in [0.15, 0.2) is 6.61 Å². The minimum absolute atomic E-state index is 0.100. The number of carbonyl (C=O) groups excluding carboxylic acids is 1. The second kappa shape index (κ2) is 8.05. The molecule has 0 fully saturated rings. The Morgan fingerprint density at radius 3 is 2.36 bits per heavy atom. The minimum atomic E-state index is -4.34. The van der Waals surface area contributed by atoms with E-state index in [2.05, 4.69) is 5.32 Å². The fourth-order valence-corrected chi connectivity index (χ4v) is 2.36. The fourth-order valence-electron chi connectivity index (χ4n) is 2.36. The van der Waals surface area contributed by atoms with Gasteiger partial charge >= 0.3 is 6.18 Å². The van der Waals surface area contributed by atoms with Crippen LogP contribution in [0, 0.1) is 13.8 Å². The van der Waals surface area contributed by atoms with Crippen LogP contribution >= 0.6 is 0 Å². The molecule has 0 unspecified atom stereocenters. The molecule has 0 aliphatic carbocycles. The van der Waals surface area contributed by atoms with Crippen molar-refractivity contribution in [3.05, 3.63) is 64.7 Å². The summed E-state index contributed by atoms with van der Waals surface area (Å²) < 4.78 is 42.9. The summed E-state index contributed by atoms with van der Waals surface area (Å²) in [6.45, 7) is 4.12. The zero-order valence-corrected chi connectivity index (χ0v) is 14.1. The lowest BCUT2D eigenvalue weighted by Crippen LogP contribution is -2.30. The van der Waals surface area contributed by atoms with Crippen molar-refractivity contribution in [1.82, 2.24) is 5.32 Å². The molecule has 134 valence electrons. The molecule has 0 heterocycles. The van der Waals surface area contributed by atoms with Crippen LogP contribution in [-0.2, 0) is 17.4 Å². The number of benzene rings is 2. The van der Waals surface area contributed by atoms with E-state index in [9.17, 15) is 18.0 Å². The Hall–Kier alpha value is -2.50. The predicted octanol–water partition coefficient (Wildman–Crippen LogP) is 4.06. The number of ether oxygens (including phenoxy) is 1. The highest BCUT2D eigenvalue weighted by atomic mass is 19.4. The Labute approximate surface area is 144 Å². The van der Waals surface area contributed by atoms with Gasteiger partial charge in [-0.05, 0) is 49.6 Å². The van der Waals surface area contributed by atoms with E-state index in [1.165, 1.54) is 12.1 Å². The fraction of sp³-hybridized carbons (Fsp3) is 0.316. The summed E-state index contributed by atoms with van der Waals surface area (Å²) in [4.78, 5) is 11.8. The molecule has 0 spiro atoms. The summed E-state index contributed by atoms with van der Waals surface area (Å²) in [6, 6.07) is 10.6. The number of rotatable bonds is 6. The molecule has 0 bridgehead atoms. The molecule has 6 heteroatoms. The largest absolute Gasteiger partial charge is 0.484 e. The van der Waals surface area contributed by atoms with Crippen LogP contribution in [0.2, 0.25) is 0 Å². The quantitative estimate of drug-likeness (QED) is 0.852. The third kappa shape index (κ3) is 5.81. The molecule has 0 aliphatic rings. The molecule has 0 radical (unpaired) electrons. The van der Waals surface area contributed by atoms with Gasteiger partial charge in [-0.15, -0.1) is 0 Å². The Bertz CT molecular complexity index is 724. The Balaban J connectivity index is 1.75. The van der Waals surface area contributed by atoms with Crippen LogP contribution in [0.1, 0.15) is 22.3 Å². The van der Waals surface area contributed by atoms with Crippen LogP contribution in [0.15, 0.2) is 42.5 Å². The Morgan fingerprint density at radius 2 is 1.76 bits per heavy atom. The smallest absolute Gasteiger partial charge is 0.416 e. The first kappa shape index (κ1) is 18.8. The van der Waals surface area contributed by atoms with E-state index in [1.807, 2.05) is 32.0 Å². The second-order valence-electron chi connectivity index (χ2n) is 5.85. The van der Waals surface area contributed by atoms with E-state index in [0.29, 0.717) is 18.7 Å². The van der Waals surface area contributed by atoms with Crippen molar-refractivity contribution in [3.8, 4) is 5.75 Å². The molecule has 1 amide bonds. The number of halogens is 3. The standard InChI is InChI=1S/C19H20F3NO2/c1-13-3-8-17(14(2)11-13)25-12-18(24)23-10-9-15-4-6-16(7-5-15)19(20,21)22/h3-8,11H,9-10,12H2,1-2H3,(H,23,24). The van der Waals surface area contributed by atoms with Crippen LogP contribution in [0.25, 0.3) is 0 Å². The third-order valence-corrected chi connectivity index (χ3v) is 3.71. The van der Waals surface area contributed by atoms with E-state index in [1.54, 1.807) is 0 Å². The highest BCUT2D eigenvalue weighted by molar-refractivity contribution is 5.77. The van der Waals surface area contributed by atoms with Gasteiger partial charge in [-0.3, -0.25) is 4.79 Å². The molecule has 0 aromatic heterocycles. The monoisotopic (exact) mass is 351 g/mol. The lowest BCUT2D eigenvalue weighted by molar-refractivity contribution is -0.137. The Kier molecular flexibility index (Phi) is 6.07. The molecular formula is C19H20F3NO2. The van der Waals surface area contributed by atoms with E-state index in [4.69, 9.17) is 4.74 Å². The summed E-state index contributed by atoms with van der Waals surface area (Å²) in [7, 11) is 0. The average Bonchev–Trinajstić information content (AvgIpc) is 2.53. The molecule has 0 atom stereocenters. The van der Waals surface area contributed by atoms with E-state index in [-0.39, 0.29) is 12.5 Å². The number of hydrogen-bond donors (Lipinski definition) is 1. The lowest BCUT2D eigenvalue weighted by Gasteiger charge is -2.10. The zero-order chi connectivity index (χ0) is 18.4. The molecule has 0 aliphatic heterocycles. The number of carbonyl (C=O) groups is 1. The van der Waals surface area contributed by atoms with Crippen LogP contribution in [0.4, 0.5) is 13.2 Å². The first-order valence-electron chi connectivity index (χ1n) is 7.88. The average molecular weight is 351 g/mol. The van der Waals surface area contributed by atoms with Gasteiger partial charge in [0.05, 0.1) is 5.56 Å². The van der Waals surface area contributed by atoms with Gasteiger partial charge in [0.2, 0.25) is 0 Å². The molecule has 25 heavy (non-hydrogen) atoms. The van der Waals surface area contributed by atoms with Crippen molar-refractivity contribution in [2.75, 3.05) is 13.2 Å². The normalized spacial score (nSPS) is 11.2. The number of alkyl halides is 3. The van der Waals surface area contributed by atoms with Crippen molar-refractivity contribution in [3.63, 3.8) is 0 Å². The van der Waals surface area contributed by atoms with E-state index >= 15 is 0 Å². The number of aryl methyl sites for hydroxylation is 2. The molecule has 0 saturated heterocycles.